The molecule has 0 bridgehead atoms. The van der Waals surface area contributed by atoms with Crippen LogP contribution in [0.15, 0.2) is 41.9 Å². The van der Waals surface area contributed by atoms with Crippen molar-refractivity contribution in [3.8, 4) is 22.5 Å². The molecule has 18 heteroatoms. The molecule has 0 radical (unpaired) electrons. The van der Waals surface area contributed by atoms with Crippen LogP contribution >= 0.6 is 35.2 Å². The highest BCUT2D eigenvalue weighted by Crippen LogP contribution is 2.42. The smallest absolute Gasteiger partial charge is 0.441 e. The van der Waals surface area contributed by atoms with Crippen LogP contribution in [0, 0.1) is 11.3 Å². The van der Waals surface area contributed by atoms with Crippen molar-refractivity contribution in [2.45, 2.75) is 117 Å². The number of benzene rings is 1. The third-order valence-electron chi connectivity index (χ3n) is 12.8. The number of morpholine rings is 1. The fourth-order valence-corrected chi connectivity index (χ4v) is 12.3. The molecule has 5 unspecified atom stereocenters. The number of ether oxygens (including phenoxy) is 3. The molecule has 2 saturated heterocycles. The summed E-state index contributed by atoms with van der Waals surface area (Å²) in [4.78, 5) is 64.2. The van der Waals surface area contributed by atoms with Gasteiger partial charge in [-0.2, -0.15) is 3.89 Å². The van der Waals surface area contributed by atoms with E-state index >= 15 is 0 Å². The third kappa shape index (κ3) is 11.0. The number of aryl methyl sites for hydroxylation is 1. The number of hydrazine groups is 1. The van der Waals surface area contributed by atoms with Gasteiger partial charge in [-0.15, -0.1) is 11.3 Å². The van der Waals surface area contributed by atoms with Gasteiger partial charge in [0.25, 0.3) is 12.4 Å². The number of methoxy groups -OCH3 is 1. The molecule has 2 aliphatic heterocycles. The molecule has 6 rings (SSSR count). The van der Waals surface area contributed by atoms with Gasteiger partial charge in [0, 0.05) is 85.5 Å². The number of rotatable bonds is 19. The predicted molar refractivity (Wildman–Crippen MR) is 264 cm³/mol. The molecule has 2 fully saturated rings. The van der Waals surface area contributed by atoms with Crippen molar-refractivity contribution in [3.63, 3.8) is 0 Å². The van der Waals surface area contributed by atoms with Crippen LogP contribution in [0.3, 0.4) is 0 Å². The number of fused-ring (bicyclic) bond motifs is 1. The average molecular weight is 966 g/mol. The van der Waals surface area contributed by atoms with Gasteiger partial charge in [-0.05, 0) is 94.7 Å². The van der Waals surface area contributed by atoms with Gasteiger partial charge in [-0.25, -0.2) is 19.5 Å². The maximum atomic E-state index is 14.4. The number of aromatic nitrogens is 3. The summed E-state index contributed by atoms with van der Waals surface area (Å²) in [6.07, 6.45) is 6.10. The van der Waals surface area contributed by atoms with Crippen molar-refractivity contribution in [2.24, 2.45) is 11.3 Å². The normalized spacial score (nSPS) is 20.5. The lowest BCUT2D eigenvalue weighted by atomic mass is 9.84. The van der Waals surface area contributed by atoms with Gasteiger partial charge in [-0.3, -0.25) is 24.4 Å². The number of carbonyl (C=O) groups is 4. The molecule has 0 aliphatic carbocycles. The lowest BCUT2D eigenvalue weighted by molar-refractivity contribution is -0.780. The number of hydrogen-bond acceptors (Lipinski definition) is 13. The van der Waals surface area contributed by atoms with Gasteiger partial charge in [0.1, 0.15) is 36.6 Å². The van der Waals surface area contributed by atoms with Gasteiger partial charge < -0.3 is 24.1 Å². The molecule has 1 aromatic carbocycles. The van der Waals surface area contributed by atoms with Gasteiger partial charge >= 0.3 is 6.03 Å². The quantitative estimate of drug-likeness (QED) is 0.0530. The molecule has 5 atom stereocenters. The molecule has 2 N–H and O–H groups in total. The fraction of sp³-hybridized carbons (Fsp3) is 0.583. The summed E-state index contributed by atoms with van der Waals surface area (Å²) < 4.78 is 21.0. The Bertz CT molecular complexity index is 2320. The predicted octanol–water partition coefficient (Wildman–Crippen LogP) is 8.08. The van der Waals surface area contributed by atoms with E-state index in [0.29, 0.717) is 50.7 Å². The molecule has 4 amide bonds. The van der Waals surface area contributed by atoms with E-state index in [1.165, 1.54) is 35.2 Å². The first-order chi connectivity index (χ1) is 31.5. The molecule has 5 heterocycles. The van der Waals surface area contributed by atoms with Crippen molar-refractivity contribution in [1.82, 2.24) is 34.6 Å². The molecule has 0 saturated carbocycles. The van der Waals surface area contributed by atoms with Crippen LogP contribution in [0.2, 0.25) is 0 Å². The number of carbonyl (C=O) groups excluding carboxylic acids is 4. The van der Waals surface area contributed by atoms with Gasteiger partial charge in [-0.1, -0.05) is 33.8 Å². The molecule has 3 aromatic heterocycles. The van der Waals surface area contributed by atoms with E-state index in [2.05, 4.69) is 60.3 Å². The fourth-order valence-electron chi connectivity index (χ4n) is 9.26. The number of nitrogens with zero attached hydrogens (tertiary/aromatic N) is 6. The Kier molecular flexibility index (Phi) is 17.4. The Labute approximate surface area is 402 Å². The first kappa shape index (κ1) is 51.4. The molecular formula is C48H69N8O7S3+. The molecule has 4 aromatic rings. The topological polar surface area (TPSA) is 157 Å². The number of nitrogens with one attached hydrogen (secondary N) is 2. The lowest BCUT2D eigenvalue weighted by Crippen LogP contribution is -2.66. The number of hydrogen-bond donors (Lipinski definition) is 2. The Balaban J connectivity index is 1.33. The maximum absolute atomic E-state index is 14.4. The SMILES string of the molecule is CCn1c(-c2cccnc2C(C)OC)c(CC(C)(C)COC=O)c2cc(-c3csc(CC(NC(=O)C(SN(C)C(=O)[N+]4(SC)C(C)COCC4C)C(C)C)C(=O)N4CCCCN4)n3)ccc21. The van der Waals surface area contributed by atoms with E-state index in [4.69, 9.17) is 24.2 Å². The zero-order valence-corrected chi connectivity index (χ0v) is 42.9. The monoisotopic (exact) mass is 965 g/mol. The zero-order valence-electron chi connectivity index (χ0n) is 40.4. The van der Waals surface area contributed by atoms with Crippen LogP contribution in [0.1, 0.15) is 90.6 Å². The maximum Gasteiger partial charge on any atom is 0.441 e. The molecule has 360 valence electrons. The summed E-state index contributed by atoms with van der Waals surface area (Å²) in [6.45, 7) is 19.9. The van der Waals surface area contributed by atoms with Gasteiger partial charge in [0.2, 0.25) is 5.91 Å². The molecule has 0 spiro atoms. The second kappa shape index (κ2) is 22.4. The first-order valence-corrected chi connectivity index (χ1v) is 25.9. The summed E-state index contributed by atoms with van der Waals surface area (Å²) >= 11 is 4.16. The van der Waals surface area contributed by atoms with Crippen molar-refractivity contribution in [1.29, 1.82) is 0 Å². The van der Waals surface area contributed by atoms with Crippen LogP contribution in [0.5, 0.6) is 0 Å². The number of quaternary nitrogens is 1. The largest absolute Gasteiger partial charge is 0.467 e. The highest BCUT2D eigenvalue weighted by atomic mass is 32.2. The van der Waals surface area contributed by atoms with Crippen LogP contribution in [-0.2, 0) is 48.0 Å². The second-order valence-electron chi connectivity index (χ2n) is 18.5. The third-order valence-corrected chi connectivity index (χ3v) is 16.6. The van der Waals surface area contributed by atoms with E-state index < -0.39 is 16.7 Å². The van der Waals surface area contributed by atoms with Crippen LogP contribution in [-0.4, -0.2) is 129 Å². The van der Waals surface area contributed by atoms with Crippen molar-refractivity contribution in [2.75, 3.05) is 53.3 Å². The van der Waals surface area contributed by atoms with Gasteiger partial charge in [0.05, 0.1) is 46.7 Å². The summed E-state index contributed by atoms with van der Waals surface area (Å²) in [5.74, 6) is -0.687. The first-order valence-electron chi connectivity index (χ1n) is 23.0. The van der Waals surface area contributed by atoms with Crippen LogP contribution < -0.4 is 10.7 Å². The van der Waals surface area contributed by atoms with E-state index in [0.717, 1.165) is 57.5 Å². The minimum atomic E-state index is -0.900. The van der Waals surface area contributed by atoms with Gasteiger partial charge in [0.15, 0.2) is 0 Å². The highest BCUT2D eigenvalue weighted by Gasteiger charge is 2.52. The minimum absolute atomic E-state index is 0.0711. The number of pyridine rings is 1. The van der Waals surface area contributed by atoms with E-state index in [1.807, 2.05) is 52.3 Å². The average Bonchev–Trinajstić information content (AvgIpc) is 3.91. The minimum Gasteiger partial charge on any atom is -0.467 e. The summed E-state index contributed by atoms with van der Waals surface area (Å²) in [7, 11) is 3.42. The van der Waals surface area contributed by atoms with Crippen LogP contribution in [0.25, 0.3) is 33.4 Å². The second-order valence-corrected chi connectivity index (χ2v) is 21.7. The summed E-state index contributed by atoms with van der Waals surface area (Å²) in [5.41, 5.74) is 9.53. The van der Waals surface area contributed by atoms with Crippen molar-refractivity contribution < 1.29 is 37.3 Å². The molecular weight excluding hydrogens is 897 g/mol. The van der Waals surface area contributed by atoms with Crippen molar-refractivity contribution >= 4 is 70.5 Å². The molecule has 2 aliphatic rings. The number of urea groups is 1. The Hall–Kier alpha value is -4.04. The van der Waals surface area contributed by atoms with E-state index in [1.54, 1.807) is 29.7 Å². The Morgan fingerprint density at radius 1 is 1.15 bits per heavy atom. The highest BCUT2D eigenvalue weighted by molar-refractivity contribution is 7.99. The van der Waals surface area contributed by atoms with Crippen molar-refractivity contribution in [3.05, 3.63) is 58.2 Å². The standard InChI is InChI=1S/C48H68N8O7S3/c1-12-54-40-18-17-34(22-36(40)37(24-48(7,8)28-63-29-57)43(54)35-16-15-19-49-42(35)33(6)61-10)39-27-65-41(51-39)23-38(46(59)55-21-14-13-20-50-55)52-45(58)44(30(2)3)66-53(9)47(60)56(64-11)31(4)25-62-26-32(56)5/h15-19,22,27,29-33,38,44,50H,12-14,20-21,23-26,28H2,1-11H3/p+1. The number of amides is 4. The zero-order chi connectivity index (χ0) is 47.9. The molecule has 66 heavy (non-hydrogen) atoms. The number of thiazole rings is 1. The molecule has 15 nitrogen and oxygen atoms in total. The van der Waals surface area contributed by atoms with E-state index in [9.17, 15) is 19.2 Å². The van der Waals surface area contributed by atoms with Crippen LogP contribution in [0.4, 0.5) is 4.79 Å². The lowest BCUT2D eigenvalue weighted by Gasteiger charge is -2.46. The Morgan fingerprint density at radius 2 is 1.89 bits per heavy atom. The van der Waals surface area contributed by atoms with E-state index in [-0.39, 0.29) is 58.9 Å². The summed E-state index contributed by atoms with van der Waals surface area (Å²) in [5, 5.41) is 7.86. The Morgan fingerprint density at radius 3 is 2.53 bits per heavy atom. The summed E-state index contributed by atoms with van der Waals surface area (Å²) in [6, 6.07) is 9.29.